The molecule has 1 unspecified atom stereocenters. The van der Waals surface area contributed by atoms with Crippen LogP contribution in [-0.4, -0.2) is 31.8 Å². The lowest BCUT2D eigenvalue weighted by Crippen LogP contribution is -2.21. The van der Waals surface area contributed by atoms with Gasteiger partial charge in [-0.1, -0.05) is 29.3 Å². The van der Waals surface area contributed by atoms with Gasteiger partial charge in [-0.2, -0.15) is 5.10 Å². The minimum absolute atomic E-state index is 0.256. The van der Waals surface area contributed by atoms with Gasteiger partial charge in [0, 0.05) is 10.6 Å². The van der Waals surface area contributed by atoms with Gasteiger partial charge in [-0.05, 0) is 12.1 Å². The molecule has 0 aliphatic carbocycles. The molecule has 0 bridgehead atoms. The zero-order valence-corrected chi connectivity index (χ0v) is 12.0. The summed E-state index contributed by atoms with van der Waals surface area (Å²) in [7, 11) is 0. The second-order valence-electron chi connectivity index (χ2n) is 3.95. The van der Waals surface area contributed by atoms with Gasteiger partial charge in [0.15, 0.2) is 0 Å². The fourth-order valence-electron chi connectivity index (χ4n) is 1.59. The van der Waals surface area contributed by atoms with Crippen LogP contribution in [0.3, 0.4) is 0 Å². The second-order valence-corrected chi connectivity index (χ2v) is 4.80. The van der Waals surface area contributed by atoms with E-state index in [9.17, 15) is 9.59 Å². The van der Waals surface area contributed by atoms with Crippen LogP contribution in [-0.2, 0) is 14.3 Å². The summed E-state index contributed by atoms with van der Waals surface area (Å²) >= 11 is 11.9. The number of nitrogens with zero attached hydrogens (tertiary/aromatic N) is 3. The van der Waals surface area contributed by atoms with Crippen molar-refractivity contribution in [1.82, 2.24) is 14.8 Å². The number of halogens is 2. The van der Waals surface area contributed by atoms with Crippen molar-refractivity contribution in [1.29, 1.82) is 0 Å². The highest BCUT2D eigenvalue weighted by Gasteiger charge is 2.23. The molecule has 0 aliphatic heterocycles. The first-order chi connectivity index (χ1) is 9.97. The van der Waals surface area contributed by atoms with E-state index in [1.54, 1.807) is 12.1 Å². The van der Waals surface area contributed by atoms with Crippen molar-refractivity contribution in [3.05, 3.63) is 46.5 Å². The lowest BCUT2D eigenvalue weighted by molar-refractivity contribution is -0.157. The maximum absolute atomic E-state index is 11.6. The summed E-state index contributed by atoms with van der Waals surface area (Å²) in [6, 6.07) is 4.61. The molecule has 2 aromatic rings. The summed E-state index contributed by atoms with van der Waals surface area (Å²) in [4.78, 5) is 25.9. The standard InChI is InChI=1S/C12H9Cl2N3O4/c13-7-1-2-8(9(14)3-7)12(17-6-15-5-16-17)21-11(20)4-10(18)19/h1-3,5-6,12H,4H2,(H,18,19). The van der Waals surface area contributed by atoms with Crippen molar-refractivity contribution in [3.8, 4) is 0 Å². The monoisotopic (exact) mass is 329 g/mol. The number of hydrogen-bond donors (Lipinski definition) is 1. The molecular formula is C12H9Cl2N3O4. The number of aromatic nitrogens is 3. The molecule has 9 heteroatoms. The lowest BCUT2D eigenvalue weighted by atomic mass is 10.2. The first-order valence-corrected chi connectivity index (χ1v) is 6.43. The fraction of sp³-hybridized carbons (Fsp3) is 0.167. The first-order valence-electron chi connectivity index (χ1n) is 5.67. The summed E-state index contributed by atoms with van der Waals surface area (Å²) in [5.74, 6) is -2.21. The third-order valence-electron chi connectivity index (χ3n) is 2.44. The molecule has 7 nitrogen and oxygen atoms in total. The van der Waals surface area contributed by atoms with Crippen molar-refractivity contribution < 1.29 is 19.4 Å². The van der Waals surface area contributed by atoms with E-state index in [1.807, 2.05) is 0 Å². The zero-order valence-electron chi connectivity index (χ0n) is 10.4. The molecule has 0 fully saturated rings. The smallest absolute Gasteiger partial charge is 0.319 e. The number of rotatable bonds is 5. The Hall–Kier alpha value is -2.12. The molecule has 1 atom stereocenters. The maximum atomic E-state index is 11.6. The van der Waals surface area contributed by atoms with Crippen LogP contribution in [0, 0.1) is 0 Å². The van der Waals surface area contributed by atoms with Crippen molar-refractivity contribution in [2.75, 3.05) is 0 Å². The van der Waals surface area contributed by atoms with Gasteiger partial charge >= 0.3 is 11.9 Å². The van der Waals surface area contributed by atoms with E-state index in [-0.39, 0.29) is 5.02 Å². The maximum Gasteiger partial charge on any atom is 0.319 e. The first kappa shape index (κ1) is 15.3. The molecular weight excluding hydrogens is 321 g/mol. The molecule has 0 saturated carbocycles. The molecule has 2 rings (SSSR count). The average molecular weight is 330 g/mol. The molecule has 1 N–H and O–H groups in total. The van der Waals surface area contributed by atoms with Crippen LogP contribution >= 0.6 is 23.2 Å². The Kier molecular flexibility index (Phi) is 4.77. The zero-order chi connectivity index (χ0) is 15.4. The summed E-state index contributed by atoms with van der Waals surface area (Å²) in [6.07, 6.45) is 0.783. The molecule has 0 saturated heterocycles. The van der Waals surface area contributed by atoms with Crippen LogP contribution in [0.4, 0.5) is 0 Å². The van der Waals surface area contributed by atoms with Crippen LogP contribution in [0.2, 0.25) is 10.0 Å². The van der Waals surface area contributed by atoms with Crippen molar-refractivity contribution in [2.24, 2.45) is 0 Å². The van der Waals surface area contributed by atoms with E-state index in [0.717, 1.165) is 0 Å². The van der Waals surface area contributed by atoms with E-state index in [0.29, 0.717) is 10.6 Å². The topological polar surface area (TPSA) is 94.3 Å². The van der Waals surface area contributed by atoms with Crippen LogP contribution in [0.25, 0.3) is 0 Å². The number of carboxylic acids is 1. The Morgan fingerprint density at radius 3 is 2.71 bits per heavy atom. The van der Waals surface area contributed by atoms with Crippen LogP contribution < -0.4 is 0 Å². The molecule has 110 valence electrons. The predicted molar refractivity (Wildman–Crippen MR) is 73.0 cm³/mol. The third-order valence-corrected chi connectivity index (χ3v) is 3.01. The fourth-order valence-corrected chi connectivity index (χ4v) is 2.09. The predicted octanol–water partition coefficient (Wildman–Crippen LogP) is 2.15. The van der Waals surface area contributed by atoms with E-state index in [1.165, 1.54) is 23.4 Å². The van der Waals surface area contributed by atoms with Crippen molar-refractivity contribution >= 4 is 35.1 Å². The summed E-state index contributed by atoms with van der Waals surface area (Å²) < 4.78 is 6.37. The number of benzene rings is 1. The van der Waals surface area contributed by atoms with Gasteiger partial charge in [-0.3, -0.25) is 9.59 Å². The highest BCUT2D eigenvalue weighted by atomic mass is 35.5. The summed E-state index contributed by atoms with van der Waals surface area (Å²) in [6.45, 7) is 0. The summed E-state index contributed by atoms with van der Waals surface area (Å²) in [5, 5.41) is 13.2. The second kappa shape index (κ2) is 6.55. The molecule has 1 heterocycles. The number of ether oxygens (including phenoxy) is 1. The molecule has 1 aromatic heterocycles. The van der Waals surface area contributed by atoms with Gasteiger partial charge in [0.05, 0.1) is 5.02 Å². The lowest BCUT2D eigenvalue weighted by Gasteiger charge is -2.19. The van der Waals surface area contributed by atoms with Crippen molar-refractivity contribution in [3.63, 3.8) is 0 Å². The minimum atomic E-state index is -1.29. The molecule has 21 heavy (non-hydrogen) atoms. The third kappa shape index (κ3) is 3.93. The Bertz CT molecular complexity index is 661. The number of carbonyl (C=O) groups excluding carboxylic acids is 1. The SMILES string of the molecule is O=C(O)CC(=O)OC(c1ccc(Cl)cc1Cl)n1cncn1. The van der Waals surface area contributed by atoms with Gasteiger partial charge < -0.3 is 9.84 Å². The highest BCUT2D eigenvalue weighted by Crippen LogP contribution is 2.29. The van der Waals surface area contributed by atoms with Crippen LogP contribution in [0.15, 0.2) is 30.9 Å². The van der Waals surface area contributed by atoms with E-state index < -0.39 is 24.6 Å². The normalized spacial score (nSPS) is 11.9. The molecule has 0 amide bonds. The van der Waals surface area contributed by atoms with E-state index in [4.69, 9.17) is 33.0 Å². The Labute approximate surface area is 129 Å². The molecule has 1 aromatic carbocycles. The quantitative estimate of drug-likeness (QED) is 0.667. The summed E-state index contributed by atoms with van der Waals surface area (Å²) in [5.41, 5.74) is 0.408. The number of carbonyl (C=O) groups is 2. The average Bonchev–Trinajstić information content (AvgIpc) is 2.89. The van der Waals surface area contributed by atoms with Crippen molar-refractivity contribution in [2.45, 2.75) is 12.6 Å². The molecule has 0 radical (unpaired) electrons. The number of carboxylic acid groups (broad SMARTS) is 1. The van der Waals surface area contributed by atoms with Gasteiger partial charge in [0.25, 0.3) is 0 Å². The number of hydrogen-bond acceptors (Lipinski definition) is 5. The number of aliphatic carboxylic acids is 1. The Balaban J connectivity index is 2.33. The minimum Gasteiger partial charge on any atom is -0.481 e. The van der Waals surface area contributed by atoms with Gasteiger partial charge in [-0.15, -0.1) is 0 Å². The van der Waals surface area contributed by atoms with E-state index >= 15 is 0 Å². The number of esters is 1. The van der Waals surface area contributed by atoms with E-state index in [2.05, 4.69) is 10.1 Å². The molecule has 0 aliphatic rings. The van der Waals surface area contributed by atoms with Gasteiger partial charge in [0.1, 0.15) is 19.1 Å². The largest absolute Gasteiger partial charge is 0.481 e. The van der Waals surface area contributed by atoms with Gasteiger partial charge in [0.2, 0.25) is 6.23 Å². The highest BCUT2D eigenvalue weighted by molar-refractivity contribution is 6.35. The van der Waals surface area contributed by atoms with Gasteiger partial charge in [-0.25, -0.2) is 9.67 Å². The van der Waals surface area contributed by atoms with Crippen LogP contribution in [0.5, 0.6) is 0 Å². The Morgan fingerprint density at radius 2 is 2.14 bits per heavy atom. The Morgan fingerprint density at radius 1 is 1.38 bits per heavy atom. The molecule has 0 spiro atoms. The van der Waals surface area contributed by atoms with Crippen LogP contribution in [0.1, 0.15) is 18.2 Å².